The Morgan fingerprint density at radius 3 is 2.24 bits per heavy atom. The number of hydrogen-bond donors (Lipinski definition) is 1. The highest BCUT2D eigenvalue weighted by Crippen LogP contribution is 2.17. The summed E-state index contributed by atoms with van der Waals surface area (Å²) < 4.78 is 5.38. The molecule has 0 aliphatic carbocycles. The van der Waals surface area contributed by atoms with E-state index in [2.05, 4.69) is 48.3 Å². The van der Waals surface area contributed by atoms with Crippen LogP contribution in [0.3, 0.4) is 0 Å². The topological polar surface area (TPSA) is 24.5 Å². The van der Waals surface area contributed by atoms with Gasteiger partial charge in [-0.05, 0) is 44.5 Å². The molecule has 1 N–H and O–H groups in total. The van der Waals surface area contributed by atoms with Crippen LogP contribution in [0.25, 0.3) is 0 Å². The number of benzene rings is 1. The first-order valence-corrected chi connectivity index (χ1v) is 6.01. The van der Waals surface area contributed by atoms with Crippen LogP contribution >= 0.6 is 0 Å². The van der Waals surface area contributed by atoms with Crippen molar-refractivity contribution in [3.63, 3.8) is 0 Å². The number of anilines is 2. The largest absolute Gasteiger partial charge is 0.385 e. The molecule has 3 nitrogen and oxygen atoms in total. The van der Waals surface area contributed by atoms with Crippen molar-refractivity contribution in [1.82, 2.24) is 0 Å². The Morgan fingerprint density at radius 2 is 1.76 bits per heavy atom. The number of hydrogen-bond acceptors (Lipinski definition) is 3. The van der Waals surface area contributed by atoms with Crippen molar-refractivity contribution in [2.24, 2.45) is 0 Å². The van der Waals surface area contributed by atoms with Crippen molar-refractivity contribution in [2.45, 2.75) is 25.9 Å². The van der Waals surface area contributed by atoms with Gasteiger partial charge in [-0.25, -0.2) is 0 Å². The van der Waals surface area contributed by atoms with E-state index in [-0.39, 0.29) is 5.60 Å². The van der Waals surface area contributed by atoms with Crippen LogP contribution in [-0.4, -0.2) is 33.4 Å². The Morgan fingerprint density at radius 1 is 1.18 bits per heavy atom. The van der Waals surface area contributed by atoms with Gasteiger partial charge in [-0.2, -0.15) is 0 Å². The summed E-state index contributed by atoms with van der Waals surface area (Å²) in [4.78, 5) is 2.10. The van der Waals surface area contributed by atoms with Crippen LogP contribution in [0.5, 0.6) is 0 Å². The third-order valence-corrected chi connectivity index (χ3v) is 2.99. The third kappa shape index (κ3) is 4.65. The van der Waals surface area contributed by atoms with Gasteiger partial charge in [-0.3, -0.25) is 0 Å². The molecule has 1 aromatic rings. The first kappa shape index (κ1) is 13.8. The van der Waals surface area contributed by atoms with Crippen LogP contribution in [0.1, 0.15) is 20.3 Å². The quantitative estimate of drug-likeness (QED) is 0.822. The standard InChI is InChI=1S/C14H24N2O/c1-14(2,17-5)10-11-15-12-6-8-13(9-7-12)16(3)4/h6-9,15H,10-11H2,1-5H3. The molecule has 0 bridgehead atoms. The first-order valence-electron chi connectivity index (χ1n) is 6.01. The molecule has 0 aromatic heterocycles. The summed E-state index contributed by atoms with van der Waals surface area (Å²) in [6, 6.07) is 8.44. The lowest BCUT2D eigenvalue weighted by molar-refractivity contribution is 0.0185. The van der Waals surface area contributed by atoms with E-state index < -0.39 is 0 Å². The van der Waals surface area contributed by atoms with Gasteiger partial charge in [0.2, 0.25) is 0 Å². The normalized spacial score (nSPS) is 11.4. The number of ether oxygens (including phenoxy) is 1. The van der Waals surface area contributed by atoms with Crippen LogP contribution in [0.15, 0.2) is 24.3 Å². The van der Waals surface area contributed by atoms with Gasteiger partial charge in [0.15, 0.2) is 0 Å². The second-order valence-electron chi connectivity index (χ2n) is 5.08. The fraction of sp³-hybridized carbons (Fsp3) is 0.571. The molecule has 0 saturated heterocycles. The summed E-state index contributed by atoms with van der Waals surface area (Å²) in [7, 11) is 5.85. The van der Waals surface area contributed by atoms with E-state index >= 15 is 0 Å². The highest BCUT2D eigenvalue weighted by Gasteiger charge is 2.14. The van der Waals surface area contributed by atoms with Crippen LogP contribution < -0.4 is 10.2 Å². The summed E-state index contributed by atoms with van der Waals surface area (Å²) in [5, 5.41) is 3.40. The van der Waals surface area contributed by atoms with Gasteiger partial charge < -0.3 is 15.0 Å². The fourth-order valence-corrected chi connectivity index (χ4v) is 1.49. The summed E-state index contributed by atoms with van der Waals surface area (Å²) in [6.45, 7) is 5.12. The van der Waals surface area contributed by atoms with Crippen LogP contribution in [-0.2, 0) is 4.74 Å². The van der Waals surface area contributed by atoms with Gasteiger partial charge in [0.1, 0.15) is 0 Å². The molecule has 1 aromatic carbocycles. The average molecular weight is 236 g/mol. The zero-order valence-electron chi connectivity index (χ0n) is 11.6. The highest BCUT2D eigenvalue weighted by atomic mass is 16.5. The minimum Gasteiger partial charge on any atom is -0.385 e. The van der Waals surface area contributed by atoms with Crippen LogP contribution in [0.4, 0.5) is 11.4 Å². The zero-order valence-corrected chi connectivity index (χ0v) is 11.6. The number of nitrogens with zero attached hydrogens (tertiary/aromatic N) is 1. The molecule has 1 rings (SSSR count). The molecule has 0 atom stereocenters. The summed E-state index contributed by atoms with van der Waals surface area (Å²) in [5.41, 5.74) is 2.31. The van der Waals surface area contributed by atoms with Gasteiger partial charge in [-0.15, -0.1) is 0 Å². The molecule has 0 heterocycles. The lowest BCUT2D eigenvalue weighted by atomic mass is 10.1. The summed E-state index contributed by atoms with van der Waals surface area (Å²) >= 11 is 0. The monoisotopic (exact) mass is 236 g/mol. The van der Waals surface area contributed by atoms with Gasteiger partial charge in [0, 0.05) is 39.1 Å². The summed E-state index contributed by atoms with van der Waals surface area (Å²) in [5.74, 6) is 0. The van der Waals surface area contributed by atoms with E-state index in [0.717, 1.165) is 18.7 Å². The van der Waals surface area contributed by atoms with Crippen LogP contribution in [0.2, 0.25) is 0 Å². The molecule has 0 amide bonds. The van der Waals surface area contributed by atoms with Crippen molar-refractivity contribution in [3.8, 4) is 0 Å². The van der Waals surface area contributed by atoms with Gasteiger partial charge in [-0.1, -0.05) is 0 Å². The predicted octanol–water partition coefficient (Wildman–Crippen LogP) is 2.98. The average Bonchev–Trinajstić information content (AvgIpc) is 2.29. The van der Waals surface area contributed by atoms with Crippen molar-refractivity contribution >= 4 is 11.4 Å². The molecule has 0 fully saturated rings. The Bertz CT molecular complexity index is 331. The molecule has 0 spiro atoms. The Hall–Kier alpha value is -1.22. The SMILES string of the molecule is COC(C)(C)CCNc1ccc(N(C)C)cc1. The molecule has 0 radical (unpaired) electrons. The second-order valence-corrected chi connectivity index (χ2v) is 5.08. The minimum absolute atomic E-state index is 0.0590. The maximum atomic E-state index is 5.38. The molecule has 0 aliphatic heterocycles. The van der Waals surface area contributed by atoms with Gasteiger partial charge >= 0.3 is 0 Å². The lowest BCUT2D eigenvalue weighted by Gasteiger charge is -2.23. The van der Waals surface area contributed by atoms with E-state index in [1.54, 1.807) is 7.11 Å². The Balaban J connectivity index is 2.42. The van der Waals surface area contributed by atoms with E-state index in [4.69, 9.17) is 4.74 Å². The maximum Gasteiger partial charge on any atom is 0.0639 e. The number of methoxy groups -OCH3 is 1. The molecule has 17 heavy (non-hydrogen) atoms. The Kier molecular flexibility index (Phi) is 4.82. The zero-order chi connectivity index (χ0) is 12.9. The van der Waals surface area contributed by atoms with Crippen molar-refractivity contribution in [1.29, 1.82) is 0 Å². The Labute approximate surface area is 105 Å². The second kappa shape index (κ2) is 5.92. The minimum atomic E-state index is -0.0590. The van der Waals surface area contributed by atoms with Crippen molar-refractivity contribution in [3.05, 3.63) is 24.3 Å². The number of rotatable bonds is 6. The van der Waals surface area contributed by atoms with Gasteiger partial charge in [0.05, 0.1) is 5.60 Å². The number of nitrogens with one attached hydrogen (secondary N) is 1. The molecule has 0 unspecified atom stereocenters. The molecule has 96 valence electrons. The van der Waals surface area contributed by atoms with E-state index in [1.807, 2.05) is 14.1 Å². The summed E-state index contributed by atoms with van der Waals surface area (Å²) in [6.07, 6.45) is 0.985. The molecular weight excluding hydrogens is 212 g/mol. The van der Waals surface area contributed by atoms with Crippen molar-refractivity contribution in [2.75, 3.05) is 38.0 Å². The van der Waals surface area contributed by atoms with Crippen molar-refractivity contribution < 1.29 is 4.74 Å². The van der Waals surface area contributed by atoms with Crippen LogP contribution in [0, 0.1) is 0 Å². The smallest absolute Gasteiger partial charge is 0.0639 e. The van der Waals surface area contributed by atoms with Gasteiger partial charge in [0.25, 0.3) is 0 Å². The molecule has 0 aliphatic rings. The highest BCUT2D eigenvalue weighted by molar-refractivity contribution is 5.54. The molecular formula is C14H24N2O. The van der Waals surface area contributed by atoms with E-state index in [1.165, 1.54) is 5.69 Å². The fourth-order valence-electron chi connectivity index (χ4n) is 1.49. The van der Waals surface area contributed by atoms with E-state index in [9.17, 15) is 0 Å². The predicted molar refractivity (Wildman–Crippen MR) is 75.0 cm³/mol. The lowest BCUT2D eigenvalue weighted by Crippen LogP contribution is -2.25. The molecule has 3 heteroatoms. The molecule has 0 saturated carbocycles. The third-order valence-electron chi connectivity index (χ3n) is 2.99. The maximum absolute atomic E-state index is 5.38. The first-order chi connectivity index (χ1) is 7.94. The van der Waals surface area contributed by atoms with E-state index in [0.29, 0.717) is 0 Å².